The van der Waals surface area contributed by atoms with Crippen LogP contribution in [0.4, 0.5) is 0 Å². The molecule has 0 aromatic heterocycles. The Bertz CT molecular complexity index is 284. The Morgan fingerprint density at radius 3 is 1.54 bits per heavy atom. The summed E-state index contributed by atoms with van der Waals surface area (Å²) in [7, 11) is 3.27. The number of carbonyl (C=O) groups is 1. The Morgan fingerprint density at radius 2 is 1.15 bits per heavy atom. The Balaban J connectivity index is 3.45. The standard InChI is InChI=1S/C19H38O7/c1-17(25-15-23-13-11-21-3)7-5-9-19(20)10-6-8-18(2)26-16-24-14-12-22-4/h17-18H,5-16H2,1-4H3/t17-,18-/m1/s1. The van der Waals surface area contributed by atoms with Gasteiger partial charge in [-0.3, -0.25) is 4.79 Å². The van der Waals surface area contributed by atoms with Crippen molar-refractivity contribution in [1.29, 1.82) is 0 Å². The predicted octanol–water partition coefficient (Wildman–Crippen LogP) is 2.95. The van der Waals surface area contributed by atoms with Crippen LogP contribution in [0, 0.1) is 0 Å². The highest BCUT2D eigenvalue weighted by atomic mass is 16.7. The van der Waals surface area contributed by atoms with Crippen LogP contribution >= 0.6 is 0 Å². The maximum absolute atomic E-state index is 11.9. The predicted molar refractivity (Wildman–Crippen MR) is 99.2 cm³/mol. The zero-order valence-electron chi connectivity index (χ0n) is 17.0. The highest BCUT2D eigenvalue weighted by Gasteiger charge is 2.08. The summed E-state index contributed by atoms with van der Waals surface area (Å²) in [5.74, 6) is 0.303. The largest absolute Gasteiger partial charge is 0.382 e. The average Bonchev–Trinajstić information content (AvgIpc) is 2.61. The van der Waals surface area contributed by atoms with E-state index in [1.54, 1.807) is 14.2 Å². The van der Waals surface area contributed by atoms with Crippen molar-refractivity contribution < 1.29 is 33.2 Å². The minimum Gasteiger partial charge on any atom is -0.382 e. The van der Waals surface area contributed by atoms with Gasteiger partial charge in [0.2, 0.25) is 0 Å². The third-order valence-corrected chi connectivity index (χ3v) is 3.87. The number of hydrogen-bond acceptors (Lipinski definition) is 7. The van der Waals surface area contributed by atoms with Crippen molar-refractivity contribution in [2.45, 2.75) is 64.6 Å². The molecule has 0 amide bonds. The molecule has 0 aliphatic heterocycles. The average molecular weight is 379 g/mol. The van der Waals surface area contributed by atoms with Crippen molar-refractivity contribution in [3.8, 4) is 0 Å². The van der Waals surface area contributed by atoms with Crippen LogP contribution in [0.25, 0.3) is 0 Å². The maximum atomic E-state index is 11.9. The second-order valence-corrected chi connectivity index (χ2v) is 6.32. The molecule has 0 spiro atoms. The van der Waals surface area contributed by atoms with E-state index in [-0.39, 0.29) is 25.8 Å². The van der Waals surface area contributed by atoms with Gasteiger partial charge in [0.25, 0.3) is 0 Å². The summed E-state index contributed by atoms with van der Waals surface area (Å²) >= 11 is 0. The van der Waals surface area contributed by atoms with Gasteiger partial charge in [-0.1, -0.05) is 0 Å². The SMILES string of the molecule is COCCOCO[C@H](C)CCCC(=O)CCC[C@@H](C)OCOCCOC. The molecule has 26 heavy (non-hydrogen) atoms. The fraction of sp³-hybridized carbons (Fsp3) is 0.947. The van der Waals surface area contributed by atoms with E-state index in [4.69, 9.17) is 28.4 Å². The molecule has 7 heteroatoms. The topological polar surface area (TPSA) is 72.5 Å². The first kappa shape index (κ1) is 25.4. The molecule has 0 aliphatic rings. The minimum absolute atomic E-state index is 0.0943. The fourth-order valence-corrected chi connectivity index (χ4v) is 2.20. The maximum Gasteiger partial charge on any atom is 0.147 e. The van der Waals surface area contributed by atoms with Crippen LogP contribution in [-0.4, -0.2) is 72.2 Å². The lowest BCUT2D eigenvalue weighted by Crippen LogP contribution is -2.14. The Labute approximate surface area is 158 Å². The third-order valence-electron chi connectivity index (χ3n) is 3.87. The van der Waals surface area contributed by atoms with Gasteiger partial charge < -0.3 is 28.4 Å². The molecule has 0 rings (SSSR count). The first-order chi connectivity index (χ1) is 12.6. The number of carbonyl (C=O) groups excluding carboxylic acids is 1. The molecule has 0 saturated carbocycles. The van der Waals surface area contributed by atoms with E-state index in [1.165, 1.54) is 0 Å². The normalized spacial score (nSPS) is 13.7. The molecule has 0 radical (unpaired) electrons. The van der Waals surface area contributed by atoms with Gasteiger partial charge in [0.1, 0.15) is 19.4 Å². The summed E-state index contributed by atoms with van der Waals surface area (Å²) in [5.41, 5.74) is 0. The summed E-state index contributed by atoms with van der Waals surface area (Å²) < 4.78 is 31.3. The van der Waals surface area contributed by atoms with Gasteiger partial charge in [-0.25, -0.2) is 0 Å². The van der Waals surface area contributed by atoms with Crippen molar-refractivity contribution in [1.82, 2.24) is 0 Å². The summed E-state index contributed by atoms with van der Waals surface area (Å²) in [6.07, 6.45) is 4.81. The lowest BCUT2D eigenvalue weighted by molar-refractivity contribution is -0.120. The van der Waals surface area contributed by atoms with Gasteiger partial charge in [-0.05, 0) is 39.5 Å². The third kappa shape index (κ3) is 18.2. The van der Waals surface area contributed by atoms with Crippen molar-refractivity contribution in [3.05, 3.63) is 0 Å². The summed E-state index contributed by atoms with van der Waals surface area (Å²) in [6.45, 7) is 6.73. The van der Waals surface area contributed by atoms with Crippen LogP contribution in [0.15, 0.2) is 0 Å². The van der Waals surface area contributed by atoms with Gasteiger partial charge in [-0.15, -0.1) is 0 Å². The van der Waals surface area contributed by atoms with E-state index < -0.39 is 0 Å². The monoisotopic (exact) mass is 378 g/mol. The van der Waals surface area contributed by atoms with Crippen molar-refractivity contribution >= 4 is 5.78 Å². The van der Waals surface area contributed by atoms with Gasteiger partial charge in [0, 0.05) is 27.1 Å². The van der Waals surface area contributed by atoms with Crippen LogP contribution < -0.4 is 0 Å². The quantitative estimate of drug-likeness (QED) is 0.238. The van der Waals surface area contributed by atoms with Gasteiger partial charge in [0.15, 0.2) is 0 Å². The van der Waals surface area contributed by atoms with Gasteiger partial charge >= 0.3 is 0 Å². The number of hydrogen-bond donors (Lipinski definition) is 0. The van der Waals surface area contributed by atoms with Crippen LogP contribution in [0.2, 0.25) is 0 Å². The van der Waals surface area contributed by atoms with Gasteiger partial charge in [0.05, 0.1) is 38.6 Å². The molecule has 0 unspecified atom stereocenters. The molecule has 2 atom stereocenters. The minimum atomic E-state index is 0.0943. The highest BCUT2D eigenvalue weighted by molar-refractivity contribution is 5.78. The summed E-state index contributed by atoms with van der Waals surface area (Å²) in [5, 5.41) is 0. The van der Waals surface area contributed by atoms with Crippen LogP contribution in [0.5, 0.6) is 0 Å². The zero-order chi connectivity index (χ0) is 19.5. The van der Waals surface area contributed by atoms with E-state index in [9.17, 15) is 4.79 Å². The second-order valence-electron chi connectivity index (χ2n) is 6.32. The van der Waals surface area contributed by atoms with Gasteiger partial charge in [-0.2, -0.15) is 0 Å². The van der Waals surface area contributed by atoms with Crippen LogP contribution in [0.3, 0.4) is 0 Å². The summed E-state index contributed by atoms with van der Waals surface area (Å²) in [4.78, 5) is 11.9. The molecule has 156 valence electrons. The van der Waals surface area contributed by atoms with E-state index in [0.717, 1.165) is 25.7 Å². The lowest BCUT2D eigenvalue weighted by Gasteiger charge is -2.13. The number of ether oxygens (including phenoxy) is 6. The molecule has 0 aromatic rings. The van der Waals surface area contributed by atoms with Crippen molar-refractivity contribution in [3.63, 3.8) is 0 Å². The molecule has 0 bridgehead atoms. The molecule has 0 fully saturated rings. The Morgan fingerprint density at radius 1 is 0.731 bits per heavy atom. The first-order valence-electron chi connectivity index (χ1n) is 9.48. The second kappa shape index (κ2) is 19.2. The summed E-state index contributed by atoms with van der Waals surface area (Å²) in [6, 6.07) is 0. The molecule has 7 nitrogen and oxygen atoms in total. The van der Waals surface area contributed by atoms with E-state index in [2.05, 4.69) is 0 Å². The number of Topliss-reactive ketones (excluding diaryl/α,β-unsaturated/α-hetero) is 1. The Hall–Kier alpha value is -0.570. The van der Waals surface area contributed by atoms with Crippen molar-refractivity contribution in [2.75, 3.05) is 54.2 Å². The van der Waals surface area contributed by atoms with E-state index >= 15 is 0 Å². The lowest BCUT2D eigenvalue weighted by atomic mass is 10.0. The smallest absolute Gasteiger partial charge is 0.147 e. The molecule has 0 aromatic carbocycles. The highest BCUT2D eigenvalue weighted by Crippen LogP contribution is 2.10. The van der Waals surface area contributed by atoms with Crippen molar-refractivity contribution in [2.24, 2.45) is 0 Å². The molecule has 0 N–H and O–H groups in total. The fourth-order valence-electron chi connectivity index (χ4n) is 2.20. The van der Waals surface area contributed by atoms with Crippen LogP contribution in [-0.2, 0) is 33.2 Å². The van der Waals surface area contributed by atoms with E-state index in [0.29, 0.717) is 45.1 Å². The number of rotatable bonds is 20. The Kier molecular flexibility index (Phi) is 18.8. The first-order valence-corrected chi connectivity index (χ1v) is 9.48. The molecule has 0 heterocycles. The number of ketones is 1. The number of methoxy groups -OCH3 is 2. The molecular formula is C19H38O7. The molecular weight excluding hydrogens is 340 g/mol. The molecule has 0 saturated heterocycles. The van der Waals surface area contributed by atoms with Crippen LogP contribution in [0.1, 0.15) is 52.4 Å². The van der Waals surface area contributed by atoms with E-state index in [1.807, 2.05) is 13.8 Å². The molecule has 0 aliphatic carbocycles. The zero-order valence-corrected chi connectivity index (χ0v) is 17.0.